The number of nitrogens with zero attached hydrogens (tertiary/aromatic N) is 1. The maximum atomic E-state index is 11.2. The van der Waals surface area contributed by atoms with E-state index in [0.717, 1.165) is 54.0 Å². The summed E-state index contributed by atoms with van der Waals surface area (Å²) in [5, 5.41) is 15.5. The molecular weight excluding hydrogens is 516 g/mol. The second-order valence-electron chi connectivity index (χ2n) is 10.6. The molecule has 4 nitrogen and oxygen atoms in total. The van der Waals surface area contributed by atoms with Crippen LogP contribution in [0.3, 0.4) is 0 Å². The highest BCUT2D eigenvalue weighted by Gasteiger charge is 2.37. The van der Waals surface area contributed by atoms with E-state index in [1.807, 2.05) is 30.3 Å². The van der Waals surface area contributed by atoms with E-state index in [1.165, 1.54) is 19.3 Å². The van der Waals surface area contributed by atoms with Crippen LogP contribution in [0.2, 0.25) is 5.02 Å². The van der Waals surface area contributed by atoms with Gasteiger partial charge in [-0.25, -0.2) is 0 Å². The predicted octanol–water partition coefficient (Wildman–Crippen LogP) is 8.05. The van der Waals surface area contributed by atoms with Gasteiger partial charge in [0, 0.05) is 11.6 Å². The van der Waals surface area contributed by atoms with Crippen molar-refractivity contribution < 1.29 is 9.84 Å². The Balaban J connectivity index is 1.50. The van der Waals surface area contributed by atoms with E-state index in [-0.39, 0.29) is 0 Å². The summed E-state index contributed by atoms with van der Waals surface area (Å²) in [4.78, 5) is 2.50. The second-order valence-corrected chi connectivity index (χ2v) is 11.0. The smallest absolute Gasteiger partial charge is 0.126 e. The zero-order chi connectivity index (χ0) is 27.8. The molecule has 2 N–H and O–H groups in total. The Bertz CT molecular complexity index is 1250. The molecule has 0 amide bonds. The van der Waals surface area contributed by atoms with Crippen molar-refractivity contribution in [3.8, 4) is 5.75 Å². The first-order valence-electron chi connectivity index (χ1n) is 14.3. The van der Waals surface area contributed by atoms with Crippen LogP contribution in [0.1, 0.15) is 60.5 Å². The van der Waals surface area contributed by atoms with E-state index in [4.69, 9.17) is 16.3 Å². The number of aliphatic hydroxyl groups is 1. The number of aliphatic hydroxyl groups excluding tert-OH is 1. The van der Waals surface area contributed by atoms with E-state index < -0.39 is 11.6 Å². The number of hydrogen-bond donors (Lipinski definition) is 2. The van der Waals surface area contributed by atoms with E-state index in [1.54, 1.807) is 7.11 Å². The lowest BCUT2D eigenvalue weighted by atomic mass is 9.76. The van der Waals surface area contributed by atoms with Crippen molar-refractivity contribution in [3.05, 3.63) is 130 Å². The zero-order valence-corrected chi connectivity index (χ0v) is 24.0. The SMILES string of the molecule is COc1cc(NC(c2ccccc2)(c2ccccc2)c2ccccc2)c(Cl)cc1C(O)CCCN1CCCCC1. The van der Waals surface area contributed by atoms with Gasteiger partial charge in [0.05, 0.1) is 23.9 Å². The van der Waals surface area contributed by atoms with Crippen LogP contribution >= 0.6 is 11.6 Å². The van der Waals surface area contributed by atoms with Gasteiger partial charge in [0.25, 0.3) is 0 Å². The summed E-state index contributed by atoms with van der Waals surface area (Å²) < 4.78 is 5.82. The van der Waals surface area contributed by atoms with Crippen LogP contribution in [0.25, 0.3) is 0 Å². The Kier molecular flexibility index (Phi) is 9.43. The molecule has 0 radical (unpaired) electrons. The van der Waals surface area contributed by atoms with Crippen molar-refractivity contribution in [2.24, 2.45) is 0 Å². The topological polar surface area (TPSA) is 44.7 Å². The minimum atomic E-state index is -0.715. The molecule has 5 rings (SSSR count). The molecule has 1 saturated heterocycles. The molecule has 1 aliphatic rings. The Labute approximate surface area is 243 Å². The molecule has 0 aromatic heterocycles. The van der Waals surface area contributed by atoms with Gasteiger partial charge >= 0.3 is 0 Å². The van der Waals surface area contributed by atoms with Crippen molar-refractivity contribution in [1.82, 2.24) is 4.90 Å². The van der Waals surface area contributed by atoms with Gasteiger partial charge in [0.15, 0.2) is 0 Å². The summed E-state index contributed by atoms with van der Waals surface area (Å²) in [5.41, 5.74) is 4.01. The third kappa shape index (κ3) is 6.20. The number of methoxy groups -OCH3 is 1. The van der Waals surface area contributed by atoms with Crippen molar-refractivity contribution >= 4 is 17.3 Å². The number of ether oxygens (including phenoxy) is 1. The summed E-state index contributed by atoms with van der Waals surface area (Å²) in [6.07, 6.45) is 4.83. The summed E-state index contributed by atoms with van der Waals surface area (Å²) >= 11 is 6.99. The largest absolute Gasteiger partial charge is 0.496 e. The number of likely N-dealkylation sites (tertiary alicyclic amines) is 1. The van der Waals surface area contributed by atoms with E-state index in [9.17, 15) is 5.11 Å². The highest BCUT2D eigenvalue weighted by Crippen LogP contribution is 2.44. The highest BCUT2D eigenvalue weighted by molar-refractivity contribution is 6.33. The van der Waals surface area contributed by atoms with Crippen LogP contribution in [0.4, 0.5) is 5.69 Å². The van der Waals surface area contributed by atoms with Crippen molar-refractivity contribution in [3.63, 3.8) is 0 Å². The lowest BCUT2D eigenvalue weighted by Gasteiger charge is -2.38. The van der Waals surface area contributed by atoms with Gasteiger partial charge in [-0.3, -0.25) is 0 Å². The fourth-order valence-corrected chi connectivity index (χ4v) is 6.15. The van der Waals surface area contributed by atoms with Gasteiger partial charge in [-0.1, -0.05) is 109 Å². The minimum absolute atomic E-state index is 0.540. The maximum Gasteiger partial charge on any atom is 0.126 e. The lowest BCUT2D eigenvalue weighted by molar-refractivity contribution is 0.147. The van der Waals surface area contributed by atoms with Crippen LogP contribution in [0.15, 0.2) is 103 Å². The zero-order valence-electron chi connectivity index (χ0n) is 23.2. The normalized spacial score (nSPS) is 15.0. The number of hydrogen-bond acceptors (Lipinski definition) is 4. The van der Waals surface area contributed by atoms with Crippen LogP contribution in [0, 0.1) is 0 Å². The number of rotatable bonds is 11. The fraction of sp³-hybridized carbons (Fsp3) is 0.314. The molecule has 1 heterocycles. The lowest BCUT2D eigenvalue weighted by Crippen LogP contribution is -2.38. The molecule has 0 aliphatic carbocycles. The van der Waals surface area contributed by atoms with E-state index in [2.05, 4.69) is 83.0 Å². The summed E-state index contributed by atoms with van der Waals surface area (Å²) in [7, 11) is 1.65. The molecule has 208 valence electrons. The molecule has 0 spiro atoms. The van der Waals surface area contributed by atoms with E-state index >= 15 is 0 Å². The standard InChI is InChI=1S/C35H39ClN2O2/c1-40-34-26-32(31(36)25-30(34)33(39)21-14-24-38-22-12-5-13-23-38)37-35(27-15-6-2-7-16-27,28-17-8-3-9-18-28)29-19-10-4-11-20-29/h2-4,6-11,15-20,25-26,33,37,39H,5,12-14,21-24H2,1H3. The third-order valence-electron chi connectivity index (χ3n) is 8.02. The fourth-order valence-electron chi connectivity index (χ4n) is 5.93. The van der Waals surface area contributed by atoms with Gasteiger partial charge in [-0.15, -0.1) is 0 Å². The number of nitrogens with one attached hydrogen (secondary N) is 1. The molecule has 40 heavy (non-hydrogen) atoms. The third-order valence-corrected chi connectivity index (χ3v) is 8.33. The molecule has 1 fully saturated rings. The average Bonchev–Trinajstić information content (AvgIpc) is 3.02. The molecular formula is C35H39ClN2O2. The minimum Gasteiger partial charge on any atom is -0.496 e. The maximum absolute atomic E-state index is 11.2. The number of anilines is 1. The molecule has 1 atom stereocenters. The highest BCUT2D eigenvalue weighted by atomic mass is 35.5. The summed E-state index contributed by atoms with van der Waals surface area (Å²) in [6, 6.07) is 35.1. The van der Waals surface area contributed by atoms with Gasteiger partial charge in [-0.2, -0.15) is 0 Å². The molecule has 5 heteroatoms. The molecule has 1 unspecified atom stereocenters. The Hall–Kier alpha value is -3.31. The average molecular weight is 555 g/mol. The first-order valence-corrected chi connectivity index (χ1v) is 14.7. The quantitative estimate of drug-likeness (QED) is 0.184. The van der Waals surface area contributed by atoms with Gasteiger partial charge in [-0.05, 0) is 68.1 Å². The molecule has 4 aromatic rings. The molecule has 0 saturated carbocycles. The molecule has 0 bridgehead atoms. The van der Waals surface area contributed by atoms with Crippen LogP contribution in [-0.2, 0) is 5.54 Å². The second kappa shape index (κ2) is 13.4. The van der Waals surface area contributed by atoms with Crippen molar-refractivity contribution in [2.75, 3.05) is 32.1 Å². The van der Waals surface area contributed by atoms with Crippen molar-refractivity contribution in [1.29, 1.82) is 0 Å². The molecule has 4 aromatic carbocycles. The van der Waals surface area contributed by atoms with Crippen LogP contribution in [-0.4, -0.2) is 36.8 Å². The first-order chi connectivity index (χ1) is 19.6. The number of piperidine rings is 1. The van der Waals surface area contributed by atoms with Crippen LogP contribution < -0.4 is 10.1 Å². The first kappa shape index (κ1) is 28.2. The van der Waals surface area contributed by atoms with Gasteiger partial charge in [0.1, 0.15) is 11.3 Å². The predicted molar refractivity (Wildman–Crippen MR) is 165 cm³/mol. The summed E-state index contributed by atoms with van der Waals surface area (Å²) in [6.45, 7) is 3.34. The summed E-state index contributed by atoms with van der Waals surface area (Å²) in [5.74, 6) is 0.625. The van der Waals surface area contributed by atoms with Crippen LogP contribution in [0.5, 0.6) is 5.75 Å². The van der Waals surface area contributed by atoms with E-state index in [0.29, 0.717) is 17.2 Å². The van der Waals surface area contributed by atoms with Gasteiger partial charge < -0.3 is 20.1 Å². The monoisotopic (exact) mass is 554 g/mol. The van der Waals surface area contributed by atoms with Crippen molar-refractivity contribution in [2.45, 2.75) is 43.7 Å². The Morgan fingerprint density at radius 2 is 1.35 bits per heavy atom. The number of halogens is 1. The Morgan fingerprint density at radius 3 is 1.85 bits per heavy atom. The van der Waals surface area contributed by atoms with Gasteiger partial charge in [0.2, 0.25) is 0 Å². The number of benzene rings is 4. The molecule has 1 aliphatic heterocycles. The Morgan fingerprint density at radius 1 is 0.825 bits per heavy atom.